The Bertz CT molecular complexity index is 725. The Kier molecular flexibility index (Phi) is 3.56. The van der Waals surface area contributed by atoms with Crippen LogP contribution < -0.4 is 9.47 Å². The summed E-state index contributed by atoms with van der Waals surface area (Å²) in [7, 11) is 1.64. The van der Waals surface area contributed by atoms with E-state index >= 15 is 0 Å². The summed E-state index contributed by atoms with van der Waals surface area (Å²) >= 11 is 3.41. The lowest BCUT2D eigenvalue weighted by molar-refractivity contribution is 0.299. The summed E-state index contributed by atoms with van der Waals surface area (Å²) in [6.45, 7) is 0.433. The van der Waals surface area contributed by atoms with Crippen molar-refractivity contribution in [1.29, 1.82) is 0 Å². The molecule has 0 spiro atoms. The van der Waals surface area contributed by atoms with Gasteiger partial charge in [-0.25, -0.2) is 4.63 Å². The Morgan fingerprint density at radius 2 is 1.95 bits per heavy atom. The molecule has 0 aliphatic rings. The molecule has 20 heavy (non-hydrogen) atoms. The van der Waals surface area contributed by atoms with Gasteiger partial charge in [0.25, 0.3) is 0 Å². The number of ether oxygens (including phenoxy) is 2. The van der Waals surface area contributed by atoms with E-state index in [9.17, 15) is 0 Å². The second-order valence-corrected chi connectivity index (χ2v) is 5.09. The normalized spacial score (nSPS) is 10.7. The minimum atomic E-state index is 0.433. The fraction of sp³-hybridized carbons (Fsp3) is 0.143. The van der Waals surface area contributed by atoms with Gasteiger partial charge in [0.2, 0.25) is 0 Å². The number of hydrogen-bond donors (Lipinski definition) is 0. The van der Waals surface area contributed by atoms with E-state index in [1.165, 1.54) is 0 Å². The van der Waals surface area contributed by atoms with E-state index in [2.05, 4.69) is 26.2 Å². The van der Waals surface area contributed by atoms with Crippen molar-refractivity contribution in [2.75, 3.05) is 7.11 Å². The number of benzene rings is 2. The molecule has 0 atom stereocenters. The molecule has 0 amide bonds. The summed E-state index contributed by atoms with van der Waals surface area (Å²) in [5.74, 6) is 1.45. The minimum Gasteiger partial charge on any atom is -0.497 e. The van der Waals surface area contributed by atoms with Crippen molar-refractivity contribution in [2.45, 2.75) is 6.61 Å². The van der Waals surface area contributed by atoms with Crippen LogP contribution in [0.1, 0.15) is 5.56 Å². The molecular weight excluding hydrogens is 324 g/mol. The Morgan fingerprint density at radius 1 is 1.15 bits per heavy atom. The molecule has 1 heterocycles. The predicted molar refractivity (Wildman–Crippen MR) is 76.8 cm³/mol. The molecule has 102 valence electrons. The third kappa shape index (κ3) is 2.60. The average molecular weight is 335 g/mol. The van der Waals surface area contributed by atoms with Crippen LogP contribution in [0.2, 0.25) is 0 Å². The van der Waals surface area contributed by atoms with Crippen molar-refractivity contribution in [3.05, 3.63) is 46.4 Å². The quantitative estimate of drug-likeness (QED) is 0.729. The molecule has 1 aromatic heterocycles. The largest absolute Gasteiger partial charge is 0.497 e. The van der Waals surface area contributed by atoms with Gasteiger partial charge in [-0.05, 0) is 40.1 Å². The highest BCUT2D eigenvalue weighted by molar-refractivity contribution is 9.10. The fourth-order valence-electron chi connectivity index (χ4n) is 1.82. The topological polar surface area (TPSA) is 57.4 Å². The molecule has 3 rings (SSSR count). The van der Waals surface area contributed by atoms with Crippen LogP contribution in [0.4, 0.5) is 0 Å². The second-order valence-electron chi connectivity index (χ2n) is 4.17. The summed E-state index contributed by atoms with van der Waals surface area (Å²) in [6, 6.07) is 11.4. The molecule has 0 N–H and O–H groups in total. The number of fused-ring (bicyclic) bond motifs is 1. The summed E-state index contributed by atoms with van der Waals surface area (Å²) in [6.07, 6.45) is 0. The number of nitrogens with zero attached hydrogens (tertiary/aromatic N) is 2. The lowest BCUT2D eigenvalue weighted by Gasteiger charge is -2.07. The average Bonchev–Trinajstić information content (AvgIpc) is 2.93. The molecule has 0 aliphatic carbocycles. The van der Waals surface area contributed by atoms with E-state index in [1.807, 2.05) is 36.4 Å². The Labute approximate surface area is 123 Å². The van der Waals surface area contributed by atoms with Crippen LogP contribution in [0.15, 0.2) is 45.5 Å². The molecule has 0 aliphatic heterocycles. The Hall–Kier alpha value is -2.08. The van der Waals surface area contributed by atoms with Crippen molar-refractivity contribution < 1.29 is 14.1 Å². The van der Waals surface area contributed by atoms with Gasteiger partial charge in [-0.15, -0.1) is 0 Å². The summed E-state index contributed by atoms with van der Waals surface area (Å²) in [4.78, 5) is 0. The number of rotatable bonds is 4. The highest BCUT2D eigenvalue weighted by atomic mass is 79.9. The van der Waals surface area contributed by atoms with E-state index in [1.54, 1.807) is 7.11 Å². The summed E-state index contributed by atoms with van der Waals surface area (Å²) < 4.78 is 16.5. The maximum Gasteiger partial charge on any atom is 0.177 e. The lowest BCUT2D eigenvalue weighted by Crippen LogP contribution is -1.96. The van der Waals surface area contributed by atoms with Crippen LogP contribution in [-0.2, 0) is 6.61 Å². The van der Waals surface area contributed by atoms with Crippen LogP contribution in [0.5, 0.6) is 11.5 Å². The summed E-state index contributed by atoms with van der Waals surface area (Å²) in [5.41, 5.74) is 2.31. The van der Waals surface area contributed by atoms with E-state index < -0.39 is 0 Å². The zero-order valence-electron chi connectivity index (χ0n) is 10.7. The molecule has 5 nitrogen and oxygen atoms in total. The summed E-state index contributed by atoms with van der Waals surface area (Å²) in [5, 5.41) is 7.65. The zero-order chi connectivity index (χ0) is 13.9. The molecule has 0 unspecified atom stereocenters. The molecule has 0 bridgehead atoms. The monoisotopic (exact) mass is 334 g/mol. The van der Waals surface area contributed by atoms with E-state index in [4.69, 9.17) is 14.1 Å². The first kappa shape index (κ1) is 12.9. The highest BCUT2D eigenvalue weighted by Crippen LogP contribution is 2.28. The van der Waals surface area contributed by atoms with Crippen LogP contribution in [-0.4, -0.2) is 17.4 Å². The first-order chi connectivity index (χ1) is 9.76. The molecule has 0 saturated carbocycles. The highest BCUT2D eigenvalue weighted by Gasteiger charge is 2.10. The maximum atomic E-state index is 5.78. The maximum absolute atomic E-state index is 5.78. The molecule has 6 heteroatoms. The Morgan fingerprint density at radius 3 is 2.70 bits per heavy atom. The standard InChI is InChI=1S/C14H11BrN2O3/c1-18-11-4-2-9(3-5-11)8-19-13-7-10(15)6-12-14(13)17-20-16-12/h2-7H,8H2,1H3. The van der Waals surface area contributed by atoms with Gasteiger partial charge in [-0.1, -0.05) is 28.1 Å². The van der Waals surface area contributed by atoms with Crippen molar-refractivity contribution in [1.82, 2.24) is 10.3 Å². The third-order valence-electron chi connectivity index (χ3n) is 2.84. The van der Waals surface area contributed by atoms with E-state index in [0.717, 1.165) is 15.8 Å². The number of halogens is 1. The number of hydrogen-bond acceptors (Lipinski definition) is 5. The second kappa shape index (κ2) is 5.50. The molecule has 2 aromatic carbocycles. The van der Waals surface area contributed by atoms with Crippen LogP contribution in [0, 0.1) is 0 Å². The van der Waals surface area contributed by atoms with E-state index in [-0.39, 0.29) is 0 Å². The first-order valence-electron chi connectivity index (χ1n) is 5.94. The van der Waals surface area contributed by atoms with Gasteiger partial charge < -0.3 is 9.47 Å². The van der Waals surface area contributed by atoms with Crippen molar-refractivity contribution in [2.24, 2.45) is 0 Å². The SMILES string of the molecule is COc1ccc(COc2cc(Br)cc3nonc23)cc1. The molecule has 0 radical (unpaired) electrons. The van der Waals surface area contributed by atoms with Crippen molar-refractivity contribution in [3.8, 4) is 11.5 Å². The molecular formula is C14H11BrN2O3. The minimum absolute atomic E-state index is 0.433. The van der Waals surface area contributed by atoms with Crippen molar-refractivity contribution in [3.63, 3.8) is 0 Å². The molecule has 3 aromatic rings. The predicted octanol–water partition coefficient (Wildman–Crippen LogP) is 3.57. The van der Waals surface area contributed by atoms with Crippen molar-refractivity contribution >= 4 is 27.0 Å². The van der Waals surface area contributed by atoms with Gasteiger partial charge in [0.1, 0.15) is 17.9 Å². The van der Waals surface area contributed by atoms with Gasteiger partial charge in [0.15, 0.2) is 11.3 Å². The third-order valence-corrected chi connectivity index (χ3v) is 3.30. The lowest BCUT2D eigenvalue weighted by atomic mass is 10.2. The number of aromatic nitrogens is 2. The molecule has 0 fully saturated rings. The van der Waals surface area contributed by atoms with Crippen LogP contribution in [0.3, 0.4) is 0 Å². The van der Waals surface area contributed by atoms with Crippen LogP contribution >= 0.6 is 15.9 Å². The van der Waals surface area contributed by atoms with Gasteiger partial charge in [-0.3, -0.25) is 0 Å². The zero-order valence-corrected chi connectivity index (χ0v) is 12.3. The van der Waals surface area contributed by atoms with Crippen LogP contribution in [0.25, 0.3) is 11.0 Å². The van der Waals surface area contributed by atoms with Gasteiger partial charge >= 0.3 is 0 Å². The smallest absolute Gasteiger partial charge is 0.177 e. The van der Waals surface area contributed by atoms with Gasteiger partial charge in [0, 0.05) is 4.47 Å². The Balaban J connectivity index is 1.80. The first-order valence-corrected chi connectivity index (χ1v) is 6.73. The number of methoxy groups -OCH3 is 1. The van der Waals surface area contributed by atoms with E-state index in [0.29, 0.717) is 23.4 Å². The van der Waals surface area contributed by atoms with Gasteiger partial charge in [0.05, 0.1) is 7.11 Å². The fourth-order valence-corrected chi connectivity index (χ4v) is 2.24. The molecule has 0 saturated heterocycles. The van der Waals surface area contributed by atoms with Gasteiger partial charge in [-0.2, -0.15) is 0 Å².